The minimum atomic E-state index is 0.604. The molecular weight excluding hydrogens is 224 g/mol. The first kappa shape index (κ1) is 13.2. The maximum Gasteiger partial charge on any atom is 0.142 e. The van der Waals surface area contributed by atoms with Gasteiger partial charge in [0.05, 0.1) is 12.3 Å². The molecule has 3 nitrogen and oxygen atoms in total. The highest BCUT2D eigenvalue weighted by Gasteiger charge is 2.15. The van der Waals surface area contributed by atoms with Gasteiger partial charge >= 0.3 is 0 Å². The van der Waals surface area contributed by atoms with Crippen molar-refractivity contribution in [3.8, 4) is 5.75 Å². The van der Waals surface area contributed by atoms with Crippen LogP contribution < -0.4 is 15.0 Å². The highest BCUT2D eigenvalue weighted by molar-refractivity contribution is 5.58. The Hall–Kier alpha value is -1.22. The van der Waals surface area contributed by atoms with E-state index >= 15 is 0 Å². The summed E-state index contributed by atoms with van der Waals surface area (Å²) >= 11 is 0. The average Bonchev–Trinajstić information content (AvgIpc) is 2.36. The molecule has 100 valence electrons. The summed E-state index contributed by atoms with van der Waals surface area (Å²) in [5.74, 6) is 1.01. The van der Waals surface area contributed by atoms with E-state index in [0.717, 1.165) is 32.0 Å². The van der Waals surface area contributed by atoms with Crippen LogP contribution in [0.1, 0.15) is 26.7 Å². The van der Waals surface area contributed by atoms with Gasteiger partial charge in [0.15, 0.2) is 0 Å². The second kappa shape index (κ2) is 6.64. The monoisotopic (exact) mass is 248 g/mol. The summed E-state index contributed by atoms with van der Waals surface area (Å²) in [6.07, 6.45) is 2.37. The van der Waals surface area contributed by atoms with E-state index < -0.39 is 0 Å². The van der Waals surface area contributed by atoms with Gasteiger partial charge in [-0.3, -0.25) is 0 Å². The van der Waals surface area contributed by atoms with Crippen LogP contribution in [0.2, 0.25) is 0 Å². The topological polar surface area (TPSA) is 24.5 Å². The number of benzene rings is 1. The Bertz CT molecular complexity index is 367. The molecule has 3 heteroatoms. The van der Waals surface area contributed by atoms with Gasteiger partial charge in [-0.05, 0) is 45.4 Å². The predicted octanol–water partition coefficient (Wildman–Crippen LogP) is 2.66. The van der Waals surface area contributed by atoms with Gasteiger partial charge in [-0.25, -0.2) is 0 Å². The third-order valence-corrected chi connectivity index (χ3v) is 3.44. The van der Waals surface area contributed by atoms with E-state index in [1.807, 2.05) is 13.0 Å². The van der Waals surface area contributed by atoms with E-state index in [2.05, 4.69) is 35.3 Å². The Balaban J connectivity index is 2.12. The molecule has 1 N–H and O–H groups in total. The van der Waals surface area contributed by atoms with Crippen molar-refractivity contribution in [2.45, 2.75) is 32.7 Å². The summed E-state index contributed by atoms with van der Waals surface area (Å²) in [6, 6.07) is 8.98. The summed E-state index contributed by atoms with van der Waals surface area (Å²) in [7, 11) is 0. The predicted molar refractivity (Wildman–Crippen MR) is 76.5 cm³/mol. The lowest BCUT2D eigenvalue weighted by molar-refractivity contribution is 0.339. The van der Waals surface area contributed by atoms with Crippen LogP contribution in [0.25, 0.3) is 0 Å². The number of ether oxygens (including phenoxy) is 1. The fourth-order valence-electron chi connectivity index (χ4n) is 2.42. The molecule has 0 bridgehead atoms. The minimum absolute atomic E-state index is 0.604. The fraction of sp³-hybridized carbons (Fsp3) is 0.600. The van der Waals surface area contributed by atoms with Gasteiger partial charge in [-0.15, -0.1) is 0 Å². The standard InChI is InChI=1S/C15H24N2O/c1-3-18-15-8-5-4-7-14(15)17-11-6-10-16-13(2)9-12-17/h4-5,7-8,13,16H,3,6,9-12H2,1-2H3. The van der Waals surface area contributed by atoms with Crippen molar-refractivity contribution in [2.24, 2.45) is 0 Å². The maximum absolute atomic E-state index is 5.73. The molecule has 0 aromatic heterocycles. The van der Waals surface area contributed by atoms with E-state index in [9.17, 15) is 0 Å². The van der Waals surface area contributed by atoms with Crippen molar-refractivity contribution in [1.82, 2.24) is 5.32 Å². The van der Waals surface area contributed by atoms with Gasteiger partial charge in [0.2, 0.25) is 0 Å². The Morgan fingerprint density at radius 3 is 3.00 bits per heavy atom. The molecule has 0 saturated carbocycles. The number of nitrogens with zero attached hydrogens (tertiary/aromatic N) is 1. The normalized spacial score (nSPS) is 21.2. The molecule has 1 aliphatic heterocycles. The van der Waals surface area contributed by atoms with Crippen molar-refractivity contribution >= 4 is 5.69 Å². The van der Waals surface area contributed by atoms with Crippen molar-refractivity contribution < 1.29 is 4.74 Å². The van der Waals surface area contributed by atoms with Crippen molar-refractivity contribution in [3.05, 3.63) is 24.3 Å². The summed E-state index contributed by atoms with van der Waals surface area (Å²) in [5, 5.41) is 3.54. The lowest BCUT2D eigenvalue weighted by atomic mass is 10.1. The van der Waals surface area contributed by atoms with Gasteiger partial charge in [-0.1, -0.05) is 12.1 Å². The van der Waals surface area contributed by atoms with Crippen molar-refractivity contribution in [2.75, 3.05) is 31.1 Å². The summed E-state index contributed by atoms with van der Waals surface area (Å²) in [6.45, 7) is 8.33. The molecule has 1 heterocycles. The maximum atomic E-state index is 5.73. The smallest absolute Gasteiger partial charge is 0.142 e. The van der Waals surface area contributed by atoms with E-state index in [4.69, 9.17) is 4.74 Å². The van der Waals surface area contributed by atoms with E-state index in [-0.39, 0.29) is 0 Å². The van der Waals surface area contributed by atoms with Crippen LogP contribution in [-0.4, -0.2) is 32.3 Å². The van der Waals surface area contributed by atoms with E-state index in [0.29, 0.717) is 6.04 Å². The SMILES string of the molecule is CCOc1ccccc1N1CCCNC(C)CC1. The number of para-hydroxylation sites is 2. The van der Waals surface area contributed by atoms with Crippen LogP contribution in [0.5, 0.6) is 5.75 Å². The van der Waals surface area contributed by atoms with Crippen molar-refractivity contribution in [1.29, 1.82) is 0 Å². The molecule has 0 spiro atoms. The quantitative estimate of drug-likeness (QED) is 0.890. The largest absolute Gasteiger partial charge is 0.492 e. The fourth-order valence-corrected chi connectivity index (χ4v) is 2.42. The van der Waals surface area contributed by atoms with Crippen LogP contribution in [0.3, 0.4) is 0 Å². The van der Waals surface area contributed by atoms with E-state index in [1.165, 1.54) is 18.5 Å². The second-order valence-electron chi connectivity index (χ2n) is 4.89. The van der Waals surface area contributed by atoms with Crippen LogP contribution in [0, 0.1) is 0 Å². The third-order valence-electron chi connectivity index (χ3n) is 3.44. The summed E-state index contributed by atoms with van der Waals surface area (Å²) in [5.41, 5.74) is 1.24. The third kappa shape index (κ3) is 3.39. The number of anilines is 1. The minimum Gasteiger partial charge on any atom is -0.492 e. The first-order valence-corrected chi connectivity index (χ1v) is 7.01. The Morgan fingerprint density at radius 1 is 1.33 bits per heavy atom. The van der Waals surface area contributed by atoms with Crippen LogP contribution >= 0.6 is 0 Å². The molecule has 1 atom stereocenters. The van der Waals surface area contributed by atoms with Gasteiger partial charge in [0, 0.05) is 19.1 Å². The zero-order chi connectivity index (χ0) is 12.8. The first-order chi connectivity index (χ1) is 8.81. The summed E-state index contributed by atoms with van der Waals surface area (Å²) in [4.78, 5) is 2.46. The number of rotatable bonds is 3. The molecule has 0 radical (unpaired) electrons. The molecule has 1 aliphatic rings. The molecule has 1 saturated heterocycles. The molecule has 0 aliphatic carbocycles. The van der Waals surface area contributed by atoms with Gasteiger partial charge in [-0.2, -0.15) is 0 Å². The van der Waals surface area contributed by atoms with Crippen LogP contribution in [0.15, 0.2) is 24.3 Å². The highest BCUT2D eigenvalue weighted by Crippen LogP contribution is 2.28. The highest BCUT2D eigenvalue weighted by atomic mass is 16.5. The molecule has 1 aromatic carbocycles. The molecule has 1 unspecified atom stereocenters. The van der Waals surface area contributed by atoms with Crippen LogP contribution in [0.4, 0.5) is 5.69 Å². The van der Waals surface area contributed by atoms with Crippen molar-refractivity contribution in [3.63, 3.8) is 0 Å². The van der Waals surface area contributed by atoms with E-state index in [1.54, 1.807) is 0 Å². The zero-order valence-corrected chi connectivity index (χ0v) is 11.5. The van der Waals surface area contributed by atoms with Gasteiger partial charge in [0.25, 0.3) is 0 Å². The molecule has 2 rings (SSSR count). The van der Waals surface area contributed by atoms with Gasteiger partial charge in [0.1, 0.15) is 5.75 Å². The Labute approximate surface area is 110 Å². The Morgan fingerprint density at radius 2 is 2.17 bits per heavy atom. The number of hydrogen-bond acceptors (Lipinski definition) is 3. The van der Waals surface area contributed by atoms with Gasteiger partial charge < -0.3 is 15.0 Å². The number of hydrogen-bond donors (Lipinski definition) is 1. The molecule has 1 fully saturated rings. The molecule has 1 aromatic rings. The summed E-state index contributed by atoms with van der Waals surface area (Å²) < 4.78 is 5.73. The zero-order valence-electron chi connectivity index (χ0n) is 11.5. The lowest BCUT2D eigenvalue weighted by Gasteiger charge is -2.30. The second-order valence-corrected chi connectivity index (χ2v) is 4.89. The lowest BCUT2D eigenvalue weighted by Crippen LogP contribution is -2.38. The number of nitrogens with one attached hydrogen (secondary N) is 1. The molecular formula is C15H24N2O. The van der Waals surface area contributed by atoms with Crippen LogP contribution in [-0.2, 0) is 0 Å². The Kier molecular flexibility index (Phi) is 4.88. The first-order valence-electron chi connectivity index (χ1n) is 7.01. The average molecular weight is 248 g/mol. The molecule has 18 heavy (non-hydrogen) atoms. The molecule has 0 amide bonds.